The van der Waals surface area contributed by atoms with Crippen LogP contribution in [-0.2, 0) is 19.0 Å². The lowest BCUT2D eigenvalue weighted by Crippen LogP contribution is -2.52. The van der Waals surface area contributed by atoms with Gasteiger partial charge < -0.3 is 24.2 Å². The summed E-state index contributed by atoms with van der Waals surface area (Å²) in [6.07, 6.45) is 1.03. The molecule has 6 nitrogen and oxygen atoms in total. The van der Waals surface area contributed by atoms with E-state index in [2.05, 4.69) is 0 Å². The molecule has 2 unspecified atom stereocenters. The van der Waals surface area contributed by atoms with Crippen LogP contribution in [0, 0.1) is 0 Å². The van der Waals surface area contributed by atoms with Crippen molar-refractivity contribution < 1.29 is 24.1 Å². The quantitative estimate of drug-likeness (QED) is 0.707. The lowest BCUT2D eigenvalue weighted by molar-refractivity contribution is -0.146. The van der Waals surface area contributed by atoms with E-state index in [9.17, 15) is 4.79 Å². The van der Waals surface area contributed by atoms with Crippen molar-refractivity contribution in [2.75, 3.05) is 33.0 Å². The van der Waals surface area contributed by atoms with E-state index in [0.29, 0.717) is 26.4 Å². The zero-order valence-electron chi connectivity index (χ0n) is 9.80. The van der Waals surface area contributed by atoms with Crippen LogP contribution >= 0.6 is 0 Å². The molecular formula is C11H17NO5. The predicted molar refractivity (Wildman–Crippen MR) is 58.0 cm³/mol. The summed E-state index contributed by atoms with van der Waals surface area (Å²) in [4.78, 5) is 13.8. The Bertz CT molecular complexity index is 317. The number of rotatable bonds is 2. The van der Waals surface area contributed by atoms with Gasteiger partial charge in [-0.2, -0.15) is 0 Å². The Morgan fingerprint density at radius 2 is 2.41 bits per heavy atom. The molecule has 0 aromatic carbocycles. The Labute approximate surface area is 99.7 Å². The molecule has 1 saturated heterocycles. The summed E-state index contributed by atoms with van der Waals surface area (Å²) in [5, 5.41) is 9.05. The second kappa shape index (κ2) is 5.37. The molecule has 0 radical (unpaired) electrons. The fourth-order valence-electron chi connectivity index (χ4n) is 1.83. The van der Waals surface area contributed by atoms with E-state index in [1.807, 2.05) is 6.92 Å². The first kappa shape index (κ1) is 12.2. The van der Waals surface area contributed by atoms with Crippen molar-refractivity contribution in [3.63, 3.8) is 0 Å². The van der Waals surface area contributed by atoms with Gasteiger partial charge in [0, 0.05) is 6.54 Å². The molecule has 1 fully saturated rings. The largest absolute Gasteiger partial charge is 0.494 e. The number of carbonyl (C=O) groups excluding carboxylic acids is 1. The Balaban J connectivity index is 2.03. The number of aliphatic hydroxyl groups is 1. The van der Waals surface area contributed by atoms with Gasteiger partial charge >= 0.3 is 0 Å². The molecule has 0 aliphatic carbocycles. The minimum absolute atomic E-state index is 0.0308. The van der Waals surface area contributed by atoms with Crippen molar-refractivity contribution in [2.45, 2.75) is 19.1 Å². The van der Waals surface area contributed by atoms with Crippen molar-refractivity contribution in [2.24, 2.45) is 0 Å². The fourth-order valence-corrected chi connectivity index (χ4v) is 1.83. The zero-order chi connectivity index (χ0) is 12.3. The summed E-state index contributed by atoms with van der Waals surface area (Å²) in [6, 6.07) is -0.0308. The molecule has 17 heavy (non-hydrogen) atoms. The first-order chi connectivity index (χ1) is 8.22. The molecule has 6 heteroatoms. The van der Waals surface area contributed by atoms with Gasteiger partial charge in [0.1, 0.15) is 19.5 Å². The molecule has 2 heterocycles. The Morgan fingerprint density at radius 3 is 3.06 bits per heavy atom. The maximum Gasteiger partial charge on any atom is 0.292 e. The van der Waals surface area contributed by atoms with E-state index in [-0.39, 0.29) is 30.4 Å². The molecule has 0 saturated carbocycles. The third-order valence-corrected chi connectivity index (χ3v) is 2.83. The molecule has 1 amide bonds. The van der Waals surface area contributed by atoms with Gasteiger partial charge in [-0.15, -0.1) is 0 Å². The van der Waals surface area contributed by atoms with Crippen LogP contribution in [0.4, 0.5) is 0 Å². The number of amides is 1. The van der Waals surface area contributed by atoms with E-state index in [4.69, 9.17) is 19.3 Å². The third kappa shape index (κ3) is 2.70. The molecular weight excluding hydrogens is 226 g/mol. The Morgan fingerprint density at radius 1 is 1.59 bits per heavy atom. The van der Waals surface area contributed by atoms with Crippen LogP contribution < -0.4 is 0 Å². The average Bonchev–Trinajstić information content (AvgIpc) is 2.39. The molecule has 0 aromatic rings. The van der Waals surface area contributed by atoms with Gasteiger partial charge in [0.25, 0.3) is 5.91 Å². The average molecular weight is 243 g/mol. The molecule has 2 aliphatic rings. The number of aliphatic hydroxyl groups excluding tert-OH is 1. The topological polar surface area (TPSA) is 68.2 Å². The van der Waals surface area contributed by atoms with Gasteiger partial charge in [-0.25, -0.2) is 0 Å². The third-order valence-electron chi connectivity index (χ3n) is 2.83. The van der Waals surface area contributed by atoms with Gasteiger partial charge in [-0.3, -0.25) is 4.79 Å². The summed E-state index contributed by atoms with van der Waals surface area (Å²) >= 11 is 0. The molecule has 0 spiro atoms. The maximum absolute atomic E-state index is 12.1. The first-order valence-electron chi connectivity index (χ1n) is 5.70. The van der Waals surface area contributed by atoms with Crippen LogP contribution in [0.25, 0.3) is 0 Å². The SMILES string of the molecule is CC1COC(CO)CN1C(=O)C1=COCCO1. The lowest BCUT2D eigenvalue weighted by atomic mass is 10.2. The van der Waals surface area contributed by atoms with Crippen LogP contribution in [-0.4, -0.2) is 61.0 Å². The van der Waals surface area contributed by atoms with Gasteiger partial charge in [-0.05, 0) is 6.92 Å². The Kier molecular flexibility index (Phi) is 3.86. The van der Waals surface area contributed by atoms with E-state index in [0.717, 1.165) is 0 Å². The second-order valence-electron chi connectivity index (χ2n) is 4.15. The highest BCUT2D eigenvalue weighted by Gasteiger charge is 2.32. The summed E-state index contributed by atoms with van der Waals surface area (Å²) in [5.74, 6) is 0.0145. The van der Waals surface area contributed by atoms with Crippen LogP contribution in [0.2, 0.25) is 0 Å². The van der Waals surface area contributed by atoms with E-state index in [1.54, 1.807) is 4.90 Å². The van der Waals surface area contributed by atoms with E-state index in [1.165, 1.54) is 6.26 Å². The monoisotopic (exact) mass is 243 g/mol. The number of nitrogens with zero attached hydrogens (tertiary/aromatic N) is 1. The van der Waals surface area contributed by atoms with Crippen molar-refractivity contribution in [1.82, 2.24) is 4.90 Å². The molecule has 2 atom stereocenters. The lowest BCUT2D eigenvalue weighted by Gasteiger charge is -2.37. The molecule has 0 aromatic heterocycles. The first-order valence-corrected chi connectivity index (χ1v) is 5.70. The summed E-state index contributed by atoms with van der Waals surface area (Å²) in [7, 11) is 0. The molecule has 0 bridgehead atoms. The highest BCUT2D eigenvalue weighted by Crippen LogP contribution is 2.16. The maximum atomic E-state index is 12.1. The molecule has 1 N–H and O–H groups in total. The van der Waals surface area contributed by atoms with E-state index >= 15 is 0 Å². The minimum Gasteiger partial charge on any atom is -0.494 e. The number of hydrogen-bond acceptors (Lipinski definition) is 5. The number of carbonyl (C=O) groups is 1. The second-order valence-corrected chi connectivity index (χ2v) is 4.15. The van der Waals surface area contributed by atoms with Crippen molar-refractivity contribution >= 4 is 5.91 Å². The van der Waals surface area contributed by atoms with Crippen molar-refractivity contribution in [1.29, 1.82) is 0 Å². The number of ether oxygens (including phenoxy) is 3. The molecule has 2 rings (SSSR count). The number of morpholine rings is 1. The van der Waals surface area contributed by atoms with Crippen LogP contribution in [0.1, 0.15) is 6.92 Å². The van der Waals surface area contributed by atoms with Gasteiger partial charge in [0.05, 0.1) is 25.4 Å². The van der Waals surface area contributed by atoms with Crippen LogP contribution in [0.5, 0.6) is 0 Å². The summed E-state index contributed by atoms with van der Waals surface area (Å²) < 4.78 is 15.7. The highest BCUT2D eigenvalue weighted by molar-refractivity contribution is 5.91. The Hall–Kier alpha value is -1.27. The van der Waals surface area contributed by atoms with Crippen LogP contribution in [0.15, 0.2) is 12.0 Å². The fraction of sp³-hybridized carbons (Fsp3) is 0.727. The van der Waals surface area contributed by atoms with Gasteiger partial charge in [0.15, 0.2) is 0 Å². The van der Waals surface area contributed by atoms with Crippen molar-refractivity contribution in [3.05, 3.63) is 12.0 Å². The molecule has 96 valence electrons. The van der Waals surface area contributed by atoms with Gasteiger partial charge in [-0.1, -0.05) is 0 Å². The zero-order valence-corrected chi connectivity index (χ0v) is 9.80. The highest BCUT2D eigenvalue weighted by atomic mass is 16.6. The van der Waals surface area contributed by atoms with Crippen molar-refractivity contribution in [3.8, 4) is 0 Å². The summed E-state index contributed by atoms with van der Waals surface area (Å²) in [6.45, 7) is 3.46. The van der Waals surface area contributed by atoms with Crippen LogP contribution in [0.3, 0.4) is 0 Å². The predicted octanol–water partition coefficient (Wildman–Crippen LogP) is -0.517. The molecule has 2 aliphatic heterocycles. The smallest absolute Gasteiger partial charge is 0.292 e. The normalized spacial score (nSPS) is 29.1. The number of hydrogen-bond donors (Lipinski definition) is 1. The standard InChI is InChI=1S/C11H17NO5/c1-8-6-17-9(5-13)4-12(8)11(14)10-7-15-2-3-16-10/h7-9,13H,2-6H2,1H3. The summed E-state index contributed by atoms with van der Waals surface area (Å²) in [5.41, 5.74) is 0. The van der Waals surface area contributed by atoms with E-state index < -0.39 is 0 Å². The van der Waals surface area contributed by atoms with Gasteiger partial charge in [0.2, 0.25) is 5.76 Å². The minimum atomic E-state index is -0.319.